The quantitative estimate of drug-likeness (QED) is 0.629. The number of rotatable bonds is 2. The van der Waals surface area contributed by atoms with E-state index in [0.29, 0.717) is 5.56 Å². The van der Waals surface area contributed by atoms with Crippen molar-refractivity contribution in [3.05, 3.63) is 29.8 Å². The van der Waals surface area contributed by atoms with E-state index in [9.17, 15) is 12.9 Å². The standard InChI is InChI=1S/C8H10BF3N.K/c1-6(13)7-2-4-8(5-3-7)9(10,11)12;/h2-6H,13H2,1H3;/q-1;+1. The molecule has 72 valence electrons. The van der Waals surface area contributed by atoms with E-state index >= 15 is 0 Å². The summed E-state index contributed by atoms with van der Waals surface area (Å²) in [7, 11) is 0. The van der Waals surface area contributed by atoms with Crippen molar-refractivity contribution in [3.63, 3.8) is 0 Å². The van der Waals surface area contributed by atoms with Gasteiger partial charge in [-0.15, -0.1) is 5.46 Å². The van der Waals surface area contributed by atoms with Gasteiger partial charge in [0.05, 0.1) is 0 Å². The van der Waals surface area contributed by atoms with Gasteiger partial charge in [-0.05, 0) is 12.5 Å². The van der Waals surface area contributed by atoms with Crippen LogP contribution in [0.5, 0.6) is 0 Å². The van der Waals surface area contributed by atoms with Crippen molar-refractivity contribution in [2.75, 3.05) is 0 Å². The summed E-state index contributed by atoms with van der Waals surface area (Å²) in [4.78, 5) is 0. The molecule has 0 bridgehead atoms. The maximum absolute atomic E-state index is 12.2. The topological polar surface area (TPSA) is 26.0 Å². The van der Waals surface area contributed by atoms with E-state index in [4.69, 9.17) is 5.73 Å². The fourth-order valence-electron chi connectivity index (χ4n) is 1.02. The van der Waals surface area contributed by atoms with Gasteiger partial charge in [-0.3, -0.25) is 0 Å². The summed E-state index contributed by atoms with van der Waals surface area (Å²) < 4.78 is 36.5. The van der Waals surface area contributed by atoms with Gasteiger partial charge in [0, 0.05) is 6.04 Å². The molecule has 6 heteroatoms. The van der Waals surface area contributed by atoms with Gasteiger partial charge in [-0.1, -0.05) is 24.3 Å². The summed E-state index contributed by atoms with van der Waals surface area (Å²) in [6.45, 7) is -3.15. The van der Waals surface area contributed by atoms with Crippen molar-refractivity contribution in [2.45, 2.75) is 13.0 Å². The molecule has 0 aliphatic heterocycles. The monoisotopic (exact) mass is 227 g/mol. The molecule has 0 heterocycles. The molecule has 14 heavy (non-hydrogen) atoms. The van der Waals surface area contributed by atoms with E-state index in [-0.39, 0.29) is 57.4 Å². The molecule has 1 atom stereocenters. The van der Waals surface area contributed by atoms with Crippen molar-refractivity contribution >= 4 is 12.4 Å². The van der Waals surface area contributed by atoms with Crippen molar-refractivity contribution in [2.24, 2.45) is 5.73 Å². The second-order valence-electron chi connectivity index (χ2n) is 3.03. The summed E-state index contributed by atoms with van der Waals surface area (Å²) in [6.07, 6.45) is 0. The molecule has 0 radical (unpaired) electrons. The van der Waals surface area contributed by atoms with Crippen LogP contribution < -0.4 is 62.6 Å². The van der Waals surface area contributed by atoms with Gasteiger partial charge < -0.3 is 18.7 Å². The van der Waals surface area contributed by atoms with Gasteiger partial charge >= 0.3 is 58.4 Å². The van der Waals surface area contributed by atoms with Crippen LogP contribution in [0.15, 0.2) is 24.3 Å². The molecular formula is C8H10BF3KN. The number of halogens is 3. The van der Waals surface area contributed by atoms with E-state index in [2.05, 4.69) is 0 Å². The van der Waals surface area contributed by atoms with Gasteiger partial charge in [-0.2, -0.15) is 0 Å². The molecule has 1 rings (SSSR count). The first-order valence-electron chi connectivity index (χ1n) is 3.96. The summed E-state index contributed by atoms with van der Waals surface area (Å²) in [5.41, 5.74) is 5.63. The predicted octanol–water partition coefficient (Wildman–Crippen LogP) is -1.24. The third kappa shape index (κ3) is 4.04. The first-order chi connectivity index (χ1) is 5.91. The smallest absolute Gasteiger partial charge is 0.445 e. The van der Waals surface area contributed by atoms with E-state index in [1.165, 1.54) is 12.1 Å². The Bertz CT molecular complexity index is 284. The van der Waals surface area contributed by atoms with Crippen LogP contribution in [-0.2, 0) is 0 Å². The minimum Gasteiger partial charge on any atom is -0.445 e. The number of hydrogen-bond acceptors (Lipinski definition) is 1. The Morgan fingerprint density at radius 1 is 1.14 bits per heavy atom. The van der Waals surface area contributed by atoms with Gasteiger partial charge in [0.1, 0.15) is 0 Å². The first-order valence-corrected chi connectivity index (χ1v) is 3.96. The fourth-order valence-corrected chi connectivity index (χ4v) is 1.02. The molecule has 1 unspecified atom stereocenters. The SMILES string of the molecule is CC(N)c1ccc([B-](F)(F)F)cc1.[K+]. The predicted molar refractivity (Wildman–Crippen MR) is 47.8 cm³/mol. The molecule has 0 amide bonds. The van der Waals surface area contributed by atoms with Crippen LogP contribution in [0.25, 0.3) is 0 Å². The summed E-state index contributed by atoms with van der Waals surface area (Å²) in [5.74, 6) is 0. The zero-order chi connectivity index (χ0) is 10.1. The fraction of sp³-hybridized carbons (Fsp3) is 0.250. The molecule has 1 aromatic rings. The van der Waals surface area contributed by atoms with Crippen LogP contribution in [0.2, 0.25) is 0 Å². The largest absolute Gasteiger partial charge is 1.00 e. The maximum Gasteiger partial charge on any atom is 1.00 e. The zero-order valence-corrected chi connectivity index (χ0v) is 11.3. The van der Waals surface area contributed by atoms with E-state index in [1.807, 2.05) is 0 Å². The second-order valence-corrected chi connectivity index (χ2v) is 3.03. The number of benzene rings is 1. The molecule has 1 nitrogen and oxygen atoms in total. The van der Waals surface area contributed by atoms with Gasteiger partial charge in [0.2, 0.25) is 0 Å². The molecule has 0 aliphatic rings. The zero-order valence-electron chi connectivity index (χ0n) is 8.18. The van der Waals surface area contributed by atoms with Gasteiger partial charge in [-0.25, -0.2) is 0 Å². The minimum atomic E-state index is -4.88. The first kappa shape index (κ1) is 14.7. The summed E-state index contributed by atoms with van der Waals surface area (Å²) in [5, 5.41) is 0. The van der Waals surface area contributed by atoms with Crippen LogP contribution in [0.4, 0.5) is 12.9 Å². The van der Waals surface area contributed by atoms with Crippen molar-refractivity contribution in [1.82, 2.24) is 0 Å². The Morgan fingerprint density at radius 2 is 1.57 bits per heavy atom. The minimum absolute atomic E-state index is 0. The van der Waals surface area contributed by atoms with Crippen molar-refractivity contribution < 1.29 is 64.3 Å². The Labute approximate surface area is 124 Å². The molecule has 0 aromatic heterocycles. The average Bonchev–Trinajstić information content (AvgIpc) is 2.03. The molecule has 0 fully saturated rings. The Balaban J connectivity index is 0.00000169. The molecule has 2 N–H and O–H groups in total. The Morgan fingerprint density at radius 3 is 1.86 bits per heavy atom. The van der Waals surface area contributed by atoms with Crippen LogP contribution in [0.3, 0.4) is 0 Å². The van der Waals surface area contributed by atoms with E-state index < -0.39 is 12.4 Å². The van der Waals surface area contributed by atoms with Crippen LogP contribution >= 0.6 is 0 Å². The van der Waals surface area contributed by atoms with Gasteiger partial charge in [0.15, 0.2) is 0 Å². The Hall–Kier alpha value is 0.671. The number of nitrogens with two attached hydrogens (primary N) is 1. The van der Waals surface area contributed by atoms with Gasteiger partial charge in [0.25, 0.3) is 0 Å². The third-order valence-corrected chi connectivity index (χ3v) is 1.84. The molecule has 1 aromatic carbocycles. The molecular weight excluding hydrogens is 217 g/mol. The molecule has 0 spiro atoms. The second kappa shape index (κ2) is 5.67. The van der Waals surface area contributed by atoms with Crippen LogP contribution in [0.1, 0.15) is 18.5 Å². The normalized spacial score (nSPS) is 13.2. The summed E-state index contributed by atoms with van der Waals surface area (Å²) in [6, 6.07) is 4.73. The van der Waals surface area contributed by atoms with Crippen LogP contribution in [0, 0.1) is 0 Å². The molecule has 0 saturated carbocycles. The van der Waals surface area contributed by atoms with E-state index in [1.54, 1.807) is 6.92 Å². The number of hydrogen-bond donors (Lipinski definition) is 1. The van der Waals surface area contributed by atoms with Crippen molar-refractivity contribution in [3.8, 4) is 0 Å². The van der Waals surface area contributed by atoms with Crippen molar-refractivity contribution in [1.29, 1.82) is 0 Å². The third-order valence-electron chi connectivity index (χ3n) is 1.84. The molecule has 0 saturated heterocycles. The average molecular weight is 227 g/mol. The van der Waals surface area contributed by atoms with E-state index in [0.717, 1.165) is 12.1 Å². The molecule has 0 aliphatic carbocycles. The maximum atomic E-state index is 12.2. The Kier molecular flexibility index (Phi) is 5.94. The van der Waals surface area contributed by atoms with Crippen LogP contribution in [-0.4, -0.2) is 6.98 Å². The summed E-state index contributed by atoms with van der Waals surface area (Å²) >= 11 is 0.